The van der Waals surface area contributed by atoms with Gasteiger partial charge in [0.25, 0.3) is 0 Å². The molecule has 1 heterocycles. The van der Waals surface area contributed by atoms with Crippen LogP contribution < -0.4 is 4.74 Å². The lowest BCUT2D eigenvalue weighted by Crippen LogP contribution is -2.42. The van der Waals surface area contributed by atoms with Crippen molar-refractivity contribution in [1.29, 1.82) is 0 Å². The molecule has 0 N–H and O–H groups in total. The number of halogens is 3. The average molecular weight is 307 g/mol. The minimum atomic E-state index is -4.33. The van der Waals surface area contributed by atoms with Crippen LogP contribution in [0.4, 0.5) is 18.0 Å². The number of thioether (sulfide) groups is 1. The van der Waals surface area contributed by atoms with Crippen LogP contribution in [0.1, 0.15) is 0 Å². The van der Waals surface area contributed by atoms with Crippen LogP contribution in [-0.4, -0.2) is 42.8 Å². The van der Waals surface area contributed by atoms with Crippen molar-refractivity contribution in [3.8, 4) is 5.75 Å². The zero-order valence-electron chi connectivity index (χ0n) is 10.4. The Balaban J connectivity index is 1.91. The fraction of sp³-hybridized carbons (Fsp3) is 0.417. The molecule has 0 saturated carbocycles. The Morgan fingerprint density at radius 3 is 2.35 bits per heavy atom. The molecule has 1 aromatic rings. The quantitative estimate of drug-likeness (QED) is 0.787. The first-order valence-corrected chi connectivity index (χ1v) is 6.66. The van der Waals surface area contributed by atoms with Crippen LogP contribution in [0, 0.1) is 0 Å². The SMILES string of the molecule is O=C(Oc1ccc(SC(F)(F)F)cc1)N1CCOCC1. The zero-order chi connectivity index (χ0) is 14.6. The molecule has 0 bridgehead atoms. The Hall–Kier alpha value is -1.41. The number of carbonyl (C=O) groups excluding carboxylic acids is 1. The maximum absolute atomic E-state index is 12.2. The number of ether oxygens (including phenoxy) is 2. The molecule has 0 atom stereocenters. The Kier molecular flexibility index (Phi) is 4.77. The van der Waals surface area contributed by atoms with Crippen LogP contribution in [0.2, 0.25) is 0 Å². The molecule has 110 valence electrons. The molecule has 0 aromatic heterocycles. The maximum Gasteiger partial charge on any atom is 0.446 e. The third-order valence-electron chi connectivity index (χ3n) is 2.53. The highest BCUT2D eigenvalue weighted by Gasteiger charge is 2.29. The Bertz CT molecular complexity index is 458. The predicted molar refractivity (Wildman–Crippen MR) is 66.8 cm³/mol. The summed E-state index contributed by atoms with van der Waals surface area (Å²) in [5, 5.41) is 0. The molecule has 1 aromatic carbocycles. The van der Waals surface area contributed by atoms with E-state index in [2.05, 4.69) is 0 Å². The van der Waals surface area contributed by atoms with E-state index in [1.165, 1.54) is 29.2 Å². The normalized spacial score (nSPS) is 16.1. The second kappa shape index (κ2) is 6.36. The van der Waals surface area contributed by atoms with Crippen molar-refractivity contribution in [3.05, 3.63) is 24.3 Å². The summed E-state index contributed by atoms with van der Waals surface area (Å²) in [6.07, 6.45) is -0.524. The topological polar surface area (TPSA) is 38.8 Å². The van der Waals surface area contributed by atoms with Crippen molar-refractivity contribution in [1.82, 2.24) is 4.90 Å². The first-order chi connectivity index (χ1) is 9.44. The Morgan fingerprint density at radius 2 is 1.80 bits per heavy atom. The van der Waals surface area contributed by atoms with Crippen molar-refractivity contribution >= 4 is 17.9 Å². The van der Waals surface area contributed by atoms with E-state index in [9.17, 15) is 18.0 Å². The number of hydrogen-bond acceptors (Lipinski definition) is 4. The summed E-state index contributed by atoms with van der Waals surface area (Å²) in [6, 6.07) is 5.21. The number of amides is 1. The van der Waals surface area contributed by atoms with Gasteiger partial charge < -0.3 is 14.4 Å². The van der Waals surface area contributed by atoms with Gasteiger partial charge in [-0.1, -0.05) is 0 Å². The first kappa shape index (κ1) is 15.0. The van der Waals surface area contributed by atoms with E-state index in [0.717, 1.165) is 0 Å². The van der Waals surface area contributed by atoms with E-state index in [0.29, 0.717) is 26.3 Å². The second-order valence-electron chi connectivity index (χ2n) is 3.99. The highest BCUT2D eigenvalue weighted by molar-refractivity contribution is 8.00. The standard InChI is InChI=1S/C12H12F3NO3S/c13-12(14,15)20-10-3-1-9(2-4-10)19-11(17)16-5-7-18-8-6-16/h1-4H,5-8H2. The minimum Gasteiger partial charge on any atom is -0.410 e. The Morgan fingerprint density at radius 1 is 1.20 bits per heavy atom. The summed E-state index contributed by atoms with van der Waals surface area (Å²) in [5.74, 6) is 0.216. The van der Waals surface area contributed by atoms with Gasteiger partial charge in [0.1, 0.15) is 5.75 Å². The van der Waals surface area contributed by atoms with Crippen LogP contribution in [0.15, 0.2) is 29.2 Å². The monoisotopic (exact) mass is 307 g/mol. The lowest BCUT2D eigenvalue weighted by molar-refractivity contribution is -0.0328. The molecule has 0 aliphatic carbocycles. The summed E-state index contributed by atoms with van der Waals surface area (Å²) in [4.78, 5) is 13.3. The van der Waals surface area contributed by atoms with E-state index in [4.69, 9.17) is 9.47 Å². The van der Waals surface area contributed by atoms with Crippen molar-refractivity contribution in [2.45, 2.75) is 10.4 Å². The van der Waals surface area contributed by atoms with Crippen LogP contribution in [0.3, 0.4) is 0 Å². The van der Waals surface area contributed by atoms with E-state index < -0.39 is 11.6 Å². The zero-order valence-corrected chi connectivity index (χ0v) is 11.2. The van der Waals surface area contributed by atoms with Gasteiger partial charge in [0.2, 0.25) is 0 Å². The lowest BCUT2D eigenvalue weighted by atomic mass is 10.3. The van der Waals surface area contributed by atoms with E-state index in [1.807, 2.05) is 0 Å². The second-order valence-corrected chi connectivity index (χ2v) is 5.13. The number of carbonyl (C=O) groups is 1. The predicted octanol–water partition coefficient (Wildman–Crippen LogP) is 3.13. The van der Waals surface area contributed by atoms with Gasteiger partial charge in [-0.05, 0) is 36.0 Å². The van der Waals surface area contributed by atoms with Gasteiger partial charge in [-0.3, -0.25) is 0 Å². The fourth-order valence-electron chi connectivity index (χ4n) is 1.62. The van der Waals surface area contributed by atoms with Gasteiger partial charge in [-0.25, -0.2) is 4.79 Å². The number of alkyl halides is 3. The highest BCUT2D eigenvalue weighted by Crippen LogP contribution is 2.37. The number of nitrogens with zero attached hydrogens (tertiary/aromatic N) is 1. The molecule has 1 fully saturated rings. The van der Waals surface area contributed by atoms with Crippen LogP contribution in [0.5, 0.6) is 5.75 Å². The third kappa shape index (κ3) is 4.61. The average Bonchev–Trinajstić information content (AvgIpc) is 2.40. The maximum atomic E-state index is 12.2. The van der Waals surface area contributed by atoms with Crippen molar-refractivity contribution in [2.24, 2.45) is 0 Å². The van der Waals surface area contributed by atoms with Crippen LogP contribution >= 0.6 is 11.8 Å². The molecule has 1 amide bonds. The number of benzene rings is 1. The van der Waals surface area contributed by atoms with Crippen molar-refractivity contribution in [2.75, 3.05) is 26.3 Å². The van der Waals surface area contributed by atoms with Gasteiger partial charge in [-0.2, -0.15) is 13.2 Å². The number of morpholine rings is 1. The summed E-state index contributed by atoms with van der Waals surface area (Å²) >= 11 is -0.211. The molecule has 0 spiro atoms. The molecule has 1 aliphatic heterocycles. The molecular formula is C12H12F3NO3S. The largest absolute Gasteiger partial charge is 0.446 e. The summed E-state index contributed by atoms with van der Waals surface area (Å²) in [6.45, 7) is 1.80. The van der Waals surface area contributed by atoms with E-state index in [-0.39, 0.29) is 22.4 Å². The highest BCUT2D eigenvalue weighted by atomic mass is 32.2. The molecule has 0 radical (unpaired) electrons. The molecule has 0 unspecified atom stereocenters. The van der Waals surface area contributed by atoms with Gasteiger partial charge in [0, 0.05) is 18.0 Å². The summed E-state index contributed by atoms with van der Waals surface area (Å²) < 4.78 is 46.6. The third-order valence-corrected chi connectivity index (χ3v) is 3.27. The van der Waals surface area contributed by atoms with E-state index in [1.54, 1.807) is 0 Å². The van der Waals surface area contributed by atoms with Crippen LogP contribution in [0.25, 0.3) is 0 Å². The van der Waals surface area contributed by atoms with E-state index >= 15 is 0 Å². The molecule has 20 heavy (non-hydrogen) atoms. The molecular weight excluding hydrogens is 295 g/mol. The first-order valence-electron chi connectivity index (χ1n) is 5.84. The number of hydrogen-bond donors (Lipinski definition) is 0. The molecule has 4 nitrogen and oxygen atoms in total. The van der Waals surface area contributed by atoms with Gasteiger partial charge in [0.05, 0.1) is 13.2 Å². The van der Waals surface area contributed by atoms with Crippen molar-refractivity contribution in [3.63, 3.8) is 0 Å². The summed E-state index contributed by atoms with van der Waals surface area (Å²) in [7, 11) is 0. The minimum absolute atomic E-state index is 0.0451. The molecule has 1 aliphatic rings. The fourth-order valence-corrected chi connectivity index (χ4v) is 2.16. The van der Waals surface area contributed by atoms with Gasteiger partial charge in [0.15, 0.2) is 0 Å². The van der Waals surface area contributed by atoms with Crippen LogP contribution in [-0.2, 0) is 4.74 Å². The molecule has 8 heteroatoms. The number of rotatable bonds is 2. The van der Waals surface area contributed by atoms with Gasteiger partial charge in [-0.15, -0.1) is 0 Å². The van der Waals surface area contributed by atoms with Gasteiger partial charge >= 0.3 is 11.6 Å². The molecule has 2 rings (SSSR count). The summed E-state index contributed by atoms with van der Waals surface area (Å²) in [5.41, 5.74) is -4.33. The lowest BCUT2D eigenvalue weighted by Gasteiger charge is -2.25. The smallest absolute Gasteiger partial charge is 0.410 e. The Labute approximate surface area is 117 Å². The molecule has 1 saturated heterocycles. The van der Waals surface area contributed by atoms with Crippen molar-refractivity contribution < 1.29 is 27.4 Å².